The Bertz CT molecular complexity index is 1460. The predicted octanol–water partition coefficient (Wildman–Crippen LogP) is 2.83. The Hall–Kier alpha value is -4.61. The number of aryl methyl sites for hydroxylation is 2. The molecule has 178 valence electrons. The summed E-state index contributed by atoms with van der Waals surface area (Å²) in [6.45, 7) is 4.05. The Labute approximate surface area is 199 Å². The molecule has 0 saturated heterocycles. The molecular formula is C23H21N7O5. The number of rotatable bonds is 7. The predicted molar refractivity (Wildman–Crippen MR) is 122 cm³/mol. The lowest BCUT2D eigenvalue weighted by Gasteiger charge is -2.28. The van der Waals surface area contributed by atoms with Gasteiger partial charge < -0.3 is 9.47 Å². The maximum atomic E-state index is 13.0. The van der Waals surface area contributed by atoms with Gasteiger partial charge in [0.2, 0.25) is 5.88 Å². The molecule has 0 bridgehead atoms. The van der Waals surface area contributed by atoms with Crippen molar-refractivity contribution in [3.63, 3.8) is 0 Å². The molecule has 0 amide bonds. The minimum atomic E-state index is -0.513. The molecule has 1 aliphatic heterocycles. The standard InChI is InChI=1S/C23H21N7O5/c1-3-34-23(31)18-14(2)35-22-20(19(18)15-7-5-4-6-8-15)21-26-17(27-29(21)13-24-22)9-10-28-12-16(11-25-28)30(32)33/h4-8,11-13,19H,3,9-10H2,1-2H3/t19-/m1/s1. The van der Waals surface area contributed by atoms with Gasteiger partial charge in [0.05, 0.1) is 28.6 Å². The largest absolute Gasteiger partial charge is 0.463 e. The molecule has 0 N–H and O–H groups in total. The van der Waals surface area contributed by atoms with Crippen LogP contribution in [0.3, 0.4) is 0 Å². The highest BCUT2D eigenvalue weighted by molar-refractivity contribution is 5.93. The summed E-state index contributed by atoms with van der Waals surface area (Å²) in [7, 11) is 0. The van der Waals surface area contributed by atoms with Crippen LogP contribution < -0.4 is 4.74 Å². The second-order valence-electron chi connectivity index (χ2n) is 7.86. The highest BCUT2D eigenvalue weighted by atomic mass is 16.6. The number of nitro groups is 1. The van der Waals surface area contributed by atoms with Crippen molar-refractivity contribution in [3.05, 3.63) is 87.5 Å². The number of benzene rings is 1. The molecule has 35 heavy (non-hydrogen) atoms. The normalized spacial score (nSPS) is 15.1. The molecule has 0 radical (unpaired) electrons. The summed E-state index contributed by atoms with van der Waals surface area (Å²) in [6, 6.07) is 9.55. The van der Waals surface area contributed by atoms with Gasteiger partial charge in [-0.1, -0.05) is 30.3 Å². The molecule has 0 spiro atoms. The molecule has 5 rings (SSSR count). The lowest BCUT2D eigenvalue weighted by atomic mass is 9.83. The van der Waals surface area contributed by atoms with Gasteiger partial charge in [0.15, 0.2) is 11.5 Å². The molecule has 1 aromatic carbocycles. The number of hydrogen-bond donors (Lipinski definition) is 0. The highest BCUT2D eigenvalue weighted by Gasteiger charge is 2.38. The molecule has 0 fully saturated rings. The summed E-state index contributed by atoms with van der Waals surface area (Å²) in [5, 5.41) is 19.4. The van der Waals surface area contributed by atoms with E-state index in [2.05, 4.69) is 15.2 Å². The molecule has 0 aliphatic carbocycles. The summed E-state index contributed by atoms with van der Waals surface area (Å²) < 4.78 is 14.3. The van der Waals surface area contributed by atoms with Gasteiger partial charge in [0.25, 0.3) is 0 Å². The number of allylic oxidation sites excluding steroid dienone is 1. The zero-order valence-corrected chi connectivity index (χ0v) is 19.0. The fourth-order valence-corrected chi connectivity index (χ4v) is 4.12. The second-order valence-corrected chi connectivity index (χ2v) is 7.86. The van der Waals surface area contributed by atoms with Crippen molar-refractivity contribution in [1.82, 2.24) is 29.4 Å². The van der Waals surface area contributed by atoms with Gasteiger partial charge in [-0.3, -0.25) is 14.8 Å². The maximum Gasteiger partial charge on any atom is 0.338 e. The molecule has 3 aromatic heterocycles. The Kier molecular flexibility index (Phi) is 5.69. The fourth-order valence-electron chi connectivity index (χ4n) is 4.12. The van der Waals surface area contributed by atoms with Crippen LogP contribution >= 0.6 is 0 Å². The van der Waals surface area contributed by atoms with Crippen LogP contribution in [0.5, 0.6) is 5.88 Å². The smallest absolute Gasteiger partial charge is 0.338 e. The molecule has 1 aliphatic rings. The molecule has 12 heteroatoms. The maximum absolute atomic E-state index is 13.0. The van der Waals surface area contributed by atoms with E-state index < -0.39 is 16.8 Å². The van der Waals surface area contributed by atoms with Crippen LogP contribution in [0, 0.1) is 10.1 Å². The summed E-state index contributed by atoms with van der Waals surface area (Å²) in [5.41, 5.74) is 2.28. The van der Waals surface area contributed by atoms with Crippen molar-refractivity contribution in [2.24, 2.45) is 0 Å². The van der Waals surface area contributed by atoms with Gasteiger partial charge in [-0.2, -0.15) is 5.10 Å². The van der Waals surface area contributed by atoms with E-state index in [0.717, 1.165) is 5.56 Å². The van der Waals surface area contributed by atoms with Crippen LogP contribution in [0.1, 0.15) is 36.7 Å². The topological polar surface area (TPSA) is 140 Å². The molecule has 0 unspecified atom stereocenters. The average molecular weight is 475 g/mol. The number of carbonyl (C=O) groups excluding carboxylic acids is 1. The van der Waals surface area contributed by atoms with E-state index in [1.54, 1.807) is 18.4 Å². The SMILES string of the molecule is CCOC(=O)C1=C(C)Oc2ncn3nc(CCn4cc([N+](=O)[O-])cn4)nc3c2[C@@H]1c1ccccc1. The van der Waals surface area contributed by atoms with E-state index in [9.17, 15) is 14.9 Å². The third-order valence-electron chi connectivity index (χ3n) is 5.66. The number of hydrogen-bond acceptors (Lipinski definition) is 9. The van der Waals surface area contributed by atoms with Crippen molar-refractivity contribution < 1.29 is 19.2 Å². The van der Waals surface area contributed by atoms with Crippen LogP contribution in [0.25, 0.3) is 5.65 Å². The number of carbonyl (C=O) groups is 1. The van der Waals surface area contributed by atoms with Gasteiger partial charge in [0.1, 0.15) is 24.5 Å². The summed E-state index contributed by atoms with van der Waals surface area (Å²) >= 11 is 0. The van der Waals surface area contributed by atoms with E-state index in [0.29, 0.717) is 47.2 Å². The van der Waals surface area contributed by atoms with Crippen LogP contribution in [0.4, 0.5) is 5.69 Å². The average Bonchev–Trinajstić information content (AvgIpc) is 3.49. The van der Waals surface area contributed by atoms with Gasteiger partial charge >= 0.3 is 11.7 Å². The summed E-state index contributed by atoms with van der Waals surface area (Å²) in [5.74, 6) is 0.280. The number of ether oxygens (including phenoxy) is 2. The zero-order chi connectivity index (χ0) is 24.5. The Morgan fingerprint density at radius 2 is 2.09 bits per heavy atom. The Balaban J connectivity index is 1.56. The number of esters is 1. The molecule has 12 nitrogen and oxygen atoms in total. The number of aromatic nitrogens is 6. The number of nitrogens with zero attached hydrogens (tertiary/aromatic N) is 7. The van der Waals surface area contributed by atoms with Crippen LogP contribution in [0.2, 0.25) is 0 Å². The van der Waals surface area contributed by atoms with Gasteiger partial charge in [-0.15, -0.1) is 5.10 Å². The second kappa shape index (κ2) is 8.97. The monoisotopic (exact) mass is 475 g/mol. The fraction of sp³-hybridized carbons (Fsp3) is 0.261. The molecular weight excluding hydrogens is 454 g/mol. The first-order valence-corrected chi connectivity index (χ1v) is 11.0. The molecule has 4 heterocycles. The first-order chi connectivity index (χ1) is 17.0. The minimum absolute atomic E-state index is 0.0808. The zero-order valence-electron chi connectivity index (χ0n) is 19.0. The molecule has 1 atom stereocenters. The summed E-state index contributed by atoms with van der Waals surface area (Å²) in [6.07, 6.45) is 4.45. The lowest BCUT2D eigenvalue weighted by molar-refractivity contribution is -0.385. The van der Waals surface area contributed by atoms with Gasteiger partial charge in [0, 0.05) is 13.0 Å². The summed E-state index contributed by atoms with van der Waals surface area (Å²) in [4.78, 5) is 32.5. The van der Waals surface area contributed by atoms with Crippen molar-refractivity contribution in [3.8, 4) is 5.88 Å². The van der Waals surface area contributed by atoms with E-state index in [-0.39, 0.29) is 12.3 Å². The van der Waals surface area contributed by atoms with Gasteiger partial charge in [-0.25, -0.2) is 19.3 Å². The van der Waals surface area contributed by atoms with E-state index in [1.807, 2.05) is 30.3 Å². The third kappa shape index (κ3) is 4.09. The van der Waals surface area contributed by atoms with Gasteiger partial charge in [-0.05, 0) is 19.4 Å². The van der Waals surface area contributed by atoms with E-state index in [4.69, 9.17) is 14.5 Å². The lowest BCUT2D eigenvalue weighted by Crippen LogP contribution is -2.24. The Morgan fingerprint density at radius 3 is 2.80 bits per heavy atom. The quantitative estimate of drug-likeness (QED) is 0.224. The molecule has 4 aromatic rings. The minimum Gasteiger partial charge on any atom is -0.463 e. The van der Waals surface area contributed by atoms with E-state index >= 15 is 0 Å². The van der Waals surface area contributed by atoms with Crippen molar-refractivity contribution in [2.45, 2.75) is 32.7 Å². The van der Waals surface area contributed by atoms with Crippen LogP contribution in [-0.2, 0) is 22.5 Å². The van der Waals surface area contributed by atoms with Crippen LogP contribution in [0.15, 0.2) is 60.4 Å². The van der Waals surface area contributed by atoms with Crippen molar-refractivity contribution >= 4 is 17.3 Å². The van der Waals surface area contributed by atoms with Crippen LogP contribution in [-0.4, -0.2) is 46.9 Å². The Morgan fingerprint density at radius 1 is 1.29 bits per heavy atom. The first kappa shape index (κ1) is 22.2. The van der Waals surface area contributed by atoms with Crippen molar-refractivity contribution in [1.29, 1.82) is 0 Å². The number of fused-ring (bicyclic) bond motifs is 3. The molecule has 0 saturated carbocycles. The third-order valence-corrected chi connectivity index (χ3v) is 5.66. The highest BCUT2D eigenvalue weighted by Crippen LogP contribution is 2.44. The van der Waals surface area contributed by atoms with E-state index in [1.165, 1.54) is 23.4 Å². The first-order valence-electron chi connectivity index (χ1n) is 11.0. The van der Waals surface area contributed by atoms with Crippen molar-refractivity contribution in [2.75, 3.05) is 6.61 Å².